The molecule has 1 amide bonds. The van der Waals surface area contributed by atoms with Crippen LogP contribution >= 0.6 is 0 Å². The van der Waals surface area contributed by atoms with Crippen LogP contribution in [0.2, 0.25) is 0 Å². The van der Waals surface area contributed by atoms with E-state index in [1.165, 1.54) is 12.3 Å². The van der Waals surface area contributed by atoms with Crippen molar-refractivity contribution >= 4 is 29.8 Å². The molecule has 32 heavy (non-hydrogen) atoms. The first-order valence-corrected chi connectivity index (χ1v) is 9.61. The molecule has 0 unspecified atom stereocenters. The van der Waals surface area contributed by atoms with E-state index in [0.29, 0.717) is 0 Å². The Hall–Kier alpha value is -3.54. The Morgan fingerprint density at radius 2 is 1.53 bits per heavy atom. The lowest BCUT2D eigenvalue weighted by Gasteiger charge is -2.44. The fourth-order valence-corrected chi connectivity index (χ4v) is 3.04. The molecule has 2 rings (SSSR count). The fraction of sp³-hybridized carbons (Fsp3) is 0.500. The zero-order valence-electron chi connectivity index (χ0n) is 17.9. The van der Waals surface area contributed by atoms with E-state index in [4.69, 9.17) is 23.7 Å². The lowest BCUT2D eigenvalue weighted by molar-refractivity contribution is -0.270. The van der Waals surface area contributed by atoms with Crippen molar-refractivity contribution in [2.24, 2.45) is 0 Å². The molecule has 1 aliphatic heterocycles. The summed E-state index contributed by atoms with van der Waals surface area (Å²) in [7, 11) is 0. The van der Waals surface area contributed by atoms with Gasteiger partial charge in [-0.1, -0.05) is 6.07 Å². The van der Waals surface area contributed by atoms with Gasteiger partial charge in [-0.15, -0.1) is 0 Å². The molecule has 0 saturated carbocycles. The number of rotatable bonds is 7. The zero-order valence-corrected chi connectivity index (χ0v) is 17.9. The van der Waals surface area contributed by atoms with Crippen LogP contribution in [0.15, 0.2) is 24.4 Å². The predicted octanol–water partition coefficient (Wildman–Crippen LogP) is -0.105. The quantitative estimate of drug-likeness (QED) is 0.435. The number of aromatic nitrogens is 1. The first-order chi connectivity index (χ1) is 15.1. The molecule has 0 radical (unpaired) electrons. The molecular weight excluding hydrogens is 428 g/mol. The maximum atomic E-state index is 12.7. The minimum absolute atomic E-state index is 0.0294. The Balaban J connectivity index is 2.44. The van der Waals surface area contributed by atoms with Gasteiger partial charge in [0.05, 0.1) is 0 Å². The lowest BCUT2D eigenvalue weighted by atomic mass is 9.96. The van der Waals surface area contributed by atoms with Gasteiger partial charge in [0.15, 0.2) is 12.2 Å². The number of ether oxygens (including phenoxy) is 5. The van der Waals surface area contributed by atoms with Crippen molar-refractivity contribution in [3.05, 3.63) is 30.1 Å². The van der Waals surface area contributed by atoms with Crippen LogP contribution in [0.1, 0.15) is 38.2 Å². The maximum Gasteiger partial charge on any atom is 0.305 e. The standard InChI is InChI=1S/C20H24N2O10/c1-10(23)28-9-15-17(29-11(2)24)18(30-12(3)25)16(20(32-15)31-13(4)26)22-19(27)14-7-5-6-8-21-14/h5-8,15-18,20H,9H2,1-4H3,(H,22,27)/t15-,16+,17-,18-,20-/m0/s1. The highest BCUT2D eigenvalue weighted by molar-refractivity contribution is 5.92. The number of carbonyl (C=O) groups is 5. The van der Waals surface area contributed by atoms with Gasteiger partial charge in [-0.3, -0.25) is 29.0 Å². The second-order valence-corrected chi connectivity index (χ2v) is 6.82. The van der Waals surface area contributed by atoms with E-state index in [2.05, 4.69) is 10.3 Å². The van der Waals surface area contributed by atoms with Gasteiger partial charge in [0.2, 0.25) is 6.29 Å². The molecule has 1 aromatic rings. The minimum Gasteiger partial charge on any atom is -0.463 e. The molecule has 174 valence electrons. The topological polar surface area (TPSA) is 156 Å². The second kappa shape index (κ2) is 11.2. The van der Waals surface area contributed by atoms with Crippen molar-refractivity contribution < 1.29 is 47.7 Å². The summed E-state index contributed by atoms with van der Waals surface area (Å²) in [4.78, 5) is 63.2. The average Bonchev–Trinajstić information content (AvgIpc) is 2.70. The van der Waals surface area contributed by atoms with Crippen LogP contribution in [0.3, 0.4) is 0 Å². The van der Waals surface area contributed by atoms with Gasteiger partial charge in [-0.2, -0.15) is 0 Å². The highest BCUT2D eigenvalue weighted by Crippen LogP contribution is 2.28. The number of pyridine rings is 1. The van der Waals surface area contributed by atoms with E-state index in [-0.39, 0.29) is 5.69 Å². The van der Waals surface area contributed by atoms with Crippen LogP contribution < -0.4 is 5.32 Å². The first-order valence-electron chi connectivity index (χ1n) is 9.61. The van der Waals surface area contributed by atoms with Gasteiger partial charge in [-0.05, 0) is 12.1 Å². The highest BCUT2D eigenvalue weighted by atomic mass is 16.7. The van der Waals surface area contributed by atoms with Gasteiger partial charge in [0, 0.05) is 33.9 Å². The van der Waals surface area contributed by atoms with Crippen molar-refractivity contribution in [3.63, 3.8) is 0 Å². The van der Waals surface area contributed by atoms with Crippen molar-refractivity contribution in [1.29, 1.82) is 0 Å². The Bertz CT molecular complexity index is 859. The van der Waals surface area contributed by atoms with Gasteiger partial charge >= 0.3 is 23.9 Å². The van der Waals surface area contributed by atoms with Crippen LogP contribution in [0.4, 0.5) is 0 Å². The zero-order chi connectivity index (χ0) is 23.8. The molecule has 0 spiro atoms. The predicted molar refractivity (Wildman–Crippen MR) is 104 cm³/mol. The highest BCUT2D eigenvalue weighted by Gasteiger charge is 2.52. The molecule has 2 heterocycles. The third-order valence-electron chi connectivity index (χ3n) is 4.18. The van der Waals surface area contributed by atoms with Crippen molar-refractivity contribution in [2.75, 3.05) is 6.61 Å². The average molecular weight is 452 g/mol. The Morgan fingerprint density at radius 1 is 0.906 bits per heavy atom. The van der Waals surface area contributed by atoms with Gasteiger partial charge < -0.3 is 29.0 Å². The Morgan fingerprint density at radius 3 is 2.06 bits per heavy atom. The second-order valence-electron chi connectivity index (χ2n) is 6.82. The van der Waals surface area contributed by atoms with Gasteiger partial charge in [0.25, 0.3) is 5.91 Å². The van der Waals surface area contributed by atoms with Crippen molar-refractivity contribution in [1.82, 2.24) is 10.3 Å². The molecule has 12 heteroatoms. The minimum atomic E-state index is -1.46. The number of hydrogen-bond donors (Lipinski definition) is 1. The normalized spacial score (nSPS) is 24.6. The van der Waals surface area contributed by atoms with E-state index in [1.54, 1.807) is 12.1 Å². The molecule has 0 bridgehead atoms. The molecule has 1 fully saturated rings. The molecular formula is C20H24N2O10. The van der Waals surface area contributed by atoms with Gasteiger partial charge in [-0.25, -0.2) is 0 Å². The summed E-state index contributed by atoms with van der Waals surface area (Å²) in [5.74, 6) is -3.60. The third-order valence-corrected chi connectivity index (χ3v) is 4.18. The molecule has 1 saturated heterocycles. The lowest BCUT2D eigenvalue weighted by Crippen LogP contribution is -2.67. The summed E-state index contributed by atoms with van der Waals surface area (Å²) in [5.41, 5.74) is 0.0294. The van der Waals surface area contributed by atoms with E-state index < -0.39 is 67.0 Å². The molecule has 1 aliphatic rings. The first kappa shape index (κ1) is 24.7. The van der Waals surface area contributed by atoms with Crippen molar-refractivity contribution in [3.8, 4) is 0 Å². The number of esters is 4. The van der Waals surface area contributed by atoms with Crippen LogP contribution in [0, 0.1) is 0 Å². The van der Waals surface area contributed by atoms with Crippen LogP contribution in [0.25, 0.3) is 0 Å². The fourth-order valence-electron chi connectivity index (χ4n) is 3.04. The third kappa shape index (κ3) is 7.01. The summed E-state index contributed by atoms with van der Waals surface area (Å²) in [5, 5.41) is 2.55. The number of nitrogens with one attached hydrogen (secondary N) is 1. The summed E-state index contributed by atoms with van der Waals surface area (Å²) < 4.78 is 26.4. The van der Waals surface area contributed by atoms with E-state index in [9.17, 15) is 24.0 Å². The molecule has 12 nitrogen and oxygen atoms in total. The monoisotopic (exact) mass is 452 g/mol. The SMILES string of the molecule is CC(=O)OC[C@@H]1O[C@H](OC(C)=O)[C@H](NC(=O)c2ccccn2)[C@H](OC(C)=O)[C@H]1OC(C)=O. The largest absolute Gasteiger partial charge is 0.463 e. The van der Waals surface area contributed by atoms with E-state index in [0.717, 1.165) is 27.7 Å². The Kier molecular flexibility index (Phi) is 8.64. The number of amides is 1. The summed E-state index contributed by atoms with van der Waals surface area (Å²) >= 11 is 0. The summed E-state index contributed by atoms with van der Waals surface area (Å²) in [6, 6.07) is 3.35. The summed E-state index contributed by atoms with van der Waals surface area (Å²) in [6.07, 6.45) is -3.87. The number of hydrogen-bond acceptors (Lipinski definition) is 11. The number of carbonyl (C=O) groups excluding carboxylic acids is 5. The van der Waals surface area contributed by atoms with Gasteiger partial charge in [0.1, 0.15) is 24.4 Å². The Labute approximate surface area is 183 Å². The van der Waals surface area contributed by atoms with Crippen LogP contribution in [0.5, 0.6) is 0 Å². The van der Waals surface area contributed by atoms with Crippen molar-refractivity contribution in [2.45, 2.75) is 58.3 Å². The molecule has 5 atom stereocenters. The smallest absolute Gasteiger partial charge is 0.305 e. The maximum absolute atomic E-state index is 12.7. The molecule has 0 aliphatic carbocycles. The summed E-state index contributed by atoms with van der Waals surface area (Å²) in [6.45, 7) is 4.10. The molecule has 1 aromatic heterocycles. The van der Waals surface area contributed by atoms with E-state index in [1.807, 2.05) is 0 Å². The van der Waals surface area contributed by atoms with E-state index >= 15 is 0 Å². The molecule has 0 aromatic carbocycles. The van der Waals surface area contributed by atoms with Crippen LogP contribution in [-0.2, 0) is 42.9 Å². The number of nitrogens with zero attached hydrogens (tertiary/aromatic N) is 1. The molecule has 1 N–H and O–H groups in total. The van der Waals surface area contributed by atoms with Crippen LogP contribution in [-0.4, -0.2) is 72.0 Å².